The molecule has 6 nitrogen and oxygen atoms in total. The molecule has 0 aliphatic carbocycles. The molecule has 0 fully saturated rings. The molecule has 3 aromatic rings. The molecule has 0 radical (unpaired) electrons. The number of esters is 1. The van der Waals surface area contributed by atoms with Crippen LogP contribution in [0.25, 0.3) is 22.4 Å². The summed E-state index contributed by atoms with van der Waals surface area (Å²) in [4.78, 5) is 27.7. The number of allylic oxidation sites excluding steroid dienone is 1. The zero-order chi connectivity index (χ0) is 28.3. The van der Waals surface area contributed by atoms with Crippen molar-refractivity contribution in [1.29, 1.82) is 0 Å². The van der Waals surface area contributed by atoms with Gasteiger partial charge in [0.15, 0.2) is 11.4 Å². The third kappa shape index (κ3) is 6.17. The molecule has 0 bridgehead atoms. The number of hydrogen-bond acceptors (Lipinski definition) is 6. The molecule has 1 aliphatic rings. The van der Waals surface area contributed by atoms with E-state index in [9.17, 15) is 4.79 Å². The minimum Gasteiger partial charge on any atom is -0.458 e. The molecule has 2 aromatic carbocycles. The maximum atomic E-state index is 12.8. The Morgan fingerprint density at radius 2 is 1.56 bits per heavy atom. The molecule has 2 heterocycles. The Kier molecular flexibility index (Phi) is 8.17. The zero-order valence-corrected chi connectivity index (χ0v) is 24.1. The molecule has 0 saturated heterocycles. The summed E-state index contributed by atoms with van der Waals surface area (Å²) in [6, 6.07) is 16.7. The SMILES string of the molecule is CCCC(OCC(=O)OC(C)(C)C)(c1ncc(-c2ccc(C)cc2)c(-c2ccc(C)cc2)n1)C1(C)C=CC=N1. The first kappa shape index (κ1) is 28.4. The van der Waals surface area contributed by atoms with Gasteiger partial charge in [-0.3, -0.25) is 4.99 Å². The van der Waals surface area contributed by atoms with Crippen LogP contribution in [0.15, 0.2) is 71.9 Å². The molecule has 1 aliphatic heterocycles. The van der Waals surface area contributed by atoms with Gasteiger partial charge in [0.2, 0.25) is 0 Å². The Labute approximate surface area is 232 Å². The van der Waals surface area contributed by atoms with Gasteiger partial charge in [-0.1, -0.05) is 79.1 Å². The van der Waals surface area contributed by atoms with Crippen LogP contribution in [-0.2, 0) is 19.9 Å². The van der Waals surface area contributed by atoms with Gasteiger partial charge in [0.05, 0.1) is 5.69 Å². The first-order valence-corrected chi connectivity index (χ1v) is 13.6. The summed E-state index contributed by atoms with van der Waals surface area (Å²) >= 11 is 0. The summed E-state index contributed by atoms with van der Waals surface area (Å²) in [6.45, 7) is 13.5. The lowest BCUT2D eigenvalue weighted by Gasteiger charge is -2.42. The van der Waals surface area contributed by atoms with Gasteiger partial charge >= 0.3 is 5.97 Å². The van der Waals surface area contributed by atoms with Gasteiger partial charge in [-0.05, 0) is 59.6 Å². The normalized spacial score (nSPS) is 18.2. The van der Waals surface area contributed by atoms with Crippen LogP contribution in [0.1, 0.15) is 64.4 Å². The minimum absolute atomic E-state index is 0.237. The van der Waals surface area contributed by atoms with Gasteiger partial charge in [-0.25, -0.2) is 14.8 Å². The standard InChI is InChI=1S/C33H39N3O3/c1-8-18-33(32(7)19-9-20-35-32,38-22-28(37)39-31(4,5)6)30-34-21-27(25-14-10-23(2)11-15-25)29(36-30)26-16-12-24(3)13-17-26/h9-17,19-21H,8,18,22H2,1-7H3. The summed E-state index contributed by atoms with van der Waals surface area (Å²) in [5.74, 6) is 0.0538. The molecular formula is C33H39N3O3. The van der Waals surface area contributed by atoms with Crippen LogP contribution in [0.4, 0.5) is 0 Å². The first-order chi connectivity index (χ1) is 18.5. The number of aryl methyl sites for hydroxylation is 2. The molecule has 1 aromatic heterocycles. The van der Waals surface area contributed by atoms with Crippen LogP contribution >= 0.6 is 0 Å². The van der Waals surface area contributed by atoms with E-state index in [4.69, 9.17) is 24.4 Å². The first-order valence-electron chi connectivity index (χ1n) is 13.6. The molecular weight excluding hydrogens is 486 g/mol. The molecule has 0 saturated carbocycles. The second-order valence-electron chi connectivity index (χ2n) is 11.4. The van der Waals surface area contributed by atoms with E-state index < -0.39 is 22.7 Å². The number of rotatable bonds is 9. The average molecular weight is 526 g/mol. The third-order valence-corrected chi connectivity index (χ3v) is 6.96. The fourth-order valence-electron chi connectivity index (χ4n) is 4.94. The van der Waals surface area contributed by atoms with Crippen molar-refractivity contribution in [2.24, 2.45) is 4.99 Å². The van der Waals surface area contributed by atoms with Crippen LogP contribution in [0.2, 0.25) is 0 Å². The minimum atomic E-state index is -1.09. The zero-order valence-electron chi connectivity index (χ0n) is 24.1. The number of hydrogen-bond donors (Lipinski definition) is 0. The third-order valence-electron chi connectivity index (χ3n) is 6.96. The van der Waals surface area contributed by atoms with Gasteiger partial charge in [-0.15, -0.1) is 0 Å². The Bertz CT molecular complexity index is 1360. The lowest BCUT2D eigenvalue weighted by Crippen LogP contribution is -2.51. The Morgan fingerprint density at radius 1 is 0.949 bits per heavy atom. The largest absolute Gasteiger partial charge is 0.458 e. The van der Waals surface area contributed by atoms with Crippen molar-refractivity contribution in [3.05, 3.63) is 83.8 Å². The van der Waals surface area contributed by atoms with Crippen molar-refractivity contribution in [2.75, 3.05) is 6.61 Å². The van der Waals surface area contributed by atoms with Gasteiger partial charge in [0.1, 0.15) is 17.7 Å². The topological polar surface area (TPSA) is 73.7 Å². The van der Waals surface area contributed by atoms with Crippen molar-refractivity contribution in [1.82, 2.24) is 9.97 Å². The molecule has 0 amide bonds. The number of aromatic nitrogens is 2. The Hall–Kier alpha value is -3.64. The van der Waals surface area contributed by atoms with Crippen molar-refractivity contribution in [3.63, 3.8) is 0 Å². The van der Waals surface area contributed by atoms with E-state index in [0.29, 0.717) is 12.2 Å². The van der Waals surface area contributed by atoms with Gasteiger partial charge in [0, 0.05) is 23.5 Å². The predicted octanol–water partition coefficient (Wildman–Crippen LogP) is 7.18. The summed E-state index contributed by atoms with van der Waals surface area (Å²) in [6.07, 6.45) is 8.88. The molecule has 204 valence electrons. The lowest BCUT2D eigenvalue weighted by molar-refractivity contribution is -0.173. The fourth-order valence-corrected chi connectivity index (χ4v) is 4.94. The maximum absolute atomic E-state index is 12.8. The van der Waals surface area contributed by atoms with E-state index in [1.165, 1.54) is 11.1 Å². The average Bonchev–Trinajstić information content (AvgIpc) is 3.34. The quantitative estimate of drug-likeness (QED) is 0.277. The van der Waals surface area contributed by atoms with Crippen molar-refractivity contribution in [3.8, 4) is 22.4 Å². The highest BCUT2D eigenvalue weighted by Gasteiger charge is 2.52. The van der Waals surface area contributed by atoms with Gasteiger partial charge < -0.3 is 9.47 Å². The van der Waals surface area contributed by atoms with Gasteiger partial charge in [-0.2, -0.15) is 0 Å². The smallest absolute Gasteiger partial charge is 0.332 e. The molecule has 2 atom stereocenters. The molecule has 2 unspecified atom stereocenters. The van der Waals surface area contributed by atoms with E-state index in [-0.39, 0.29) is 6.61 Å². The molecule has 0 N–H and O–H groups in total. The molecule has 39 heavy (non-hydrogen) atoms. The highest BCUT2D eigenvalue weighted by Crippen LogP contribution is 2.45. The molecule has 4 rings (SSSR count). The Morgan fingerprint density at radius 3 is 2.10 bits per heavy atom. The Balaban J connectivity index is 1.89. The fraction of sp³-hybridized carbons (Fsp3) is 0.394. The van der Waals surface area contributed by atoms with Crippen LogP contribution in [0.5, 0.6) is 0 Å². The van der Waals surface area contributed by atoms with Crippen molar-refractivity contribution < 1.29 is 14.3 Å². The van der Waals surface area contributed by atoms with Crippen LogP contribution in [-0.4, -0.2) is 39.9 Å². The maximum Gasteiger partial charge on any atom is 0.332 e. The summed E-state index contributed by atoms with van der Waals surface area (Å²) < 4.78 is 12.1. The van der Waals surface area contributed by atoms with E-state index in [2.05, 4.69) is 69.3 Å². The number of nitrogens with zero attached hydrogens (tertiary/aromatic N) is 3. The van der Waals surface area contributed by atoms with Crippen molar-refractivity contribution >= 4 is 12.2 Å². The summed E-state index contributed by atoms with van der Waals surface area (Å²) in [5, 5.41) is 0. The monoisotopic (exact) mass is 525 g/mol. The second kappa shape index (κ2) is 11.2. The van der Waals surface area contributed by atoms with E-state index in [1.54, 1.807) is 6.21 Å². The van der Waals surface area contributed by atoms with Crippen LogP contribution in [0, 0.1) is 13.8 Å². The summed E-state index contributed by atoms with van der Waals surface area (Å²) in [7, 11) is 0. The van der Waals surface area contributed by atoms with E-state index in [1.807, 2.05) is 46.0 Å². The number of benzene rings is 2. The molecule has 0 spiro atoms. The van der Waals surface area contributed by atoms with E-state index in [0.717, 1.165) is 28.8 Å². The lowest BCUT2D eigenvalue weighted by atomic mass is 9.77. The van der Waals surface area contributed by atoms with Crippen LogP contribution < -0.4 is 0 Å². The highest BCUT2D eigenvalue weighted by molar-refractivity contribution is 5.80. The second-order valence-corrected chi connectivity index (χ2v) is 11.4. The number of carbonyl (C=O) groups excluding carboxylic acids is 1. The number of ether oxygens (including phenoxy) is 2. The molecule has 6 heteroatoms. The number of carbonyl (C=O) groups is 1. The van der Waals surface area contributed by atoms with E-state index >= 15 is 0 Å². The highest BCUT2D eigenvalue weighted by atomic mass is 16.6. The van der Waals surface area contributed by atoms with Crippen molar-refractivity contribution in [2.45, 2.75) is 78.0 Å². The van der Waals surface area contributed by atoms with Gasteiger partial charge in [0.25, 0.3) is 0 Å². The number of aliphatic imine (C=N–C) groups is 1. The van der Waals surface area contributed by atoms with Crippen LogP contribution in [0.3, 0.4) is 0 Å². The summed E-state index contributed by atoms with van der Waals surface area (Å²) in [5.41, 5.74) is 3.59. The predicted molar refractivity (Wildman–Crippen MR) is 157 cm³/mol.